The number of amides is 1. The zero-order valence-electron chi connectivity index (χ0n) is 8.45. The molecule has 0 N–H and O–H groups in total. The van der Waals surface area contributed by atoms with Crippen LogP contribution in [0.2, 0.25) is 0 Å². The number of carbonyl (C=O) groups excluding carboxylic acids is 2. The van der Waals surface area contributed by atoms with Crippen molar-refractivity contribution in [1.29, 1.82) is 0 Å². The van der Waals surface area contributed by atoms with E-state index in [4.69, 9.17) is 4.74 Å². The van der Waals surface area contributed by atoms with Crippen LogP contribution in [-0.4, -0.2) is 35.7 Å². The van der Waals surface area contributed by atoms with Gasteiger partial charge in [0.15, 0.2) is 0 Å². The van der Waals surface area contributed by atoms with Crippen LogP contribution in [0.1, 0.15) is 26.7 Å². The molecule has 0 radical (unpaired) electrons. The SMILES string of the molecule is CCOC(=O)CCN1N=C(C)CC1=O. The van der Waals surface area contributed by atoms with Gasteiger partial charge >= 0.3 is 5.97 Å². The molecule has 0 atom stereocenters. The van der Waals surface area contributed by atoms with Crippen molar-refractivity contribution in [2.75, 3.05) is 13.2 Å². The second-order valence-electron chi connectivity index (χ2n) is 3.08. The Bertz CT molecular complexity index is 273. The average Bonchev–Trinajstić information content (AvgIpc) is 2.42. The van der Waals surface area contributed by atoms with E-state index in [-0.39, 0.29) is 18.3 Å². The third-order valence-electron chi connectivity index (χ3n) is 1.82. The molecule has 0 saturated heterocycles. The summed E-state index contributed by atoms with van der Waals surface area (Å²) in [4.78, 5) is 22.2. The molecule has 0 aromatic heterocycles. The minimum atomic E-state index is -0.292. The topological polar surface area (TPSA) is 59.0 Å². The van der Waals surface area contributed by atoms with Crippen molar-refractivity contribution in [3.8, 4) is 0 Å². The van der Waals surface area contributed by atoms with Gasteiger partial charge in [-0.1, -0.05) is 0 Å². The minimum Gasteiger partial charge on any atom is -0.466 e. The molecule has 0 bridgehead atoms. The van der Waals surface area contributed by atoms with E-state index in [0.29, 0.717) is 19.6 Å². The maximum atomic E-state index is 11.2. The fraction of sp³-hybridized carbons (Fsp3) is 0.667. The van der Waals surface area contributed by atoms with Gasteiger partial charge in [0.2, 0.25) is 5.91 Å². The van der Waals surface area contributed by atoms with Gasteiger partial charge in [-0.05, 0) is 13.8 Å². The normalized spacial score (nSPS) is 15.7. The first kappa shape index (κ1) is 10.7. The molecule has 1 heterocycles. The lowest BCUT2D eigenvalue weighted by Crippen LogP contribution is -2.24. The first-order valence-electron chi connectivity index (χ1n) is 4.63. The molecule has 0 saturated carbocycles. The number of esters is 1. The zero-order chi connectivity index (χ0) is 10.6. The van der Waals surface area contributed by atoms with E-state index in [9.17, 15) is 9.59 Å². The molecule has 78 valence electrons. The van der Waals surface area contributed by atoms with Gasteiger partial charge in [0, 0.05) is 5.71 Å². The van der Waals surface area contributed by atoms with Gasteiger partial charge in [0.25, 0.3) is 0 Å². The Morgan fingerprint density at radius 2 is 2.36 bits per heavy atom. The fourth-order valence-electron chi connectivity index (χ4n) is 1.21. The number of ether oxygens (including phenoxy) is 1. The van der Waals surface area contributed by atoms with E-state index in [1.807, 2.05) is 0 Å². The van der Waals surface area contributed by atoms with E-state index in [2.05, 4.69) is 5.10 Å². The standard InChI is InChI=1S/C9H14N2O3/c1-3-14-9(13)4-5-11-8(12)6-7(2)10-11/h3-6H2,1-2H3. The highest BCUT2D eigenvalue weighted by atomic mass is 16.5. The van der Waals surface area contributed by atoms with Gasteiger partial charge in [0.1, 0.15) is 0 Å². The Hall–Kier alpha value is -1.39. The molecule has 0 spiro atoms. The first-order valence-corrected chi connectivity index (χ1v) is 4.63. The predicted octanol–water partition coefficient (Wildman–Crippen LogP) is 0.548. The summed E-state index contributed by atoms with van der Waals surface area (Å²) in [6.07, 6.45) is 0.569. The average molecular weight is 198 g/mol. The maximum Gasteiger partial charge on any atom is 0.307 e. The number of rotatable bonds is 4. The summed E-state index contributed by atoms with van der Waals surface area (Å²) >= 11 is 0. The first-order chi connectivity index (χ1) is 6.63. The van der Waals surface area contributed by atoms with Crippen LogP contribution in [0.4, 0.5) is 0 Å². The van der Waals surface area contributed by atoms with Crippen LogP contribution in [0.25, 0.3) is 0 Å². The third kappa shape index (κ3) is 2.83. The van der Waals surface area contributed by atoms with Gasteiger partial charge in [-0.3, -0.25) is 9.59 Å². The summed E-state index contributed by atoms with van der Waals surface area (Å²) in [6.45, 7) is 4.23. The molecule has 1 amide bonds. The minimum absolute atomic E-state index is 0.0493. The van der Waals surface area contributed by atoms with E-state index < -0.39 is 0 Å². The Morgan fingerprint density at radius 1 is 1.64 bits per heavy atom. The van der Waals surface area contributed by atoms with Gasteiger partial charge in [-0.2, -0.15) is 5.10 Å². The summed E-state index contributed by atoms with van der Waals surface area (Å²) in [6, 6.07) is 0. The van der Waals surface area contributed by atoms with Crippen molar-refractivity contribution in [2.45, 2.75) is 26.7 Å². The van der Waals surface area contributed by atoms with E-state index >= 15 is 0 Å². The molecular formula is C9H14N2O3. The lowest BCUT2D eigenvalue weighted by atomic mass is 10.3. The highest BCUT2D eigenvalue weighted by molar-refractivity contribution is 6.03. The summed E-state index contributed by atoms with van der Waals surface area (Å²) in [5.41, 5.74) is 0.791. The molecule has 5 nitrogen and oxygen atoms in total. The van der Waals surface area contributed by atoms with Crippen molar-refractivity contribution in [2.24, 2.45) is 5.10 Å². The molecule has 1 aliphatic rings. The summed E-state index contributed by atoms with van der Waals surface area (Å²) < 4.78 is 4.74. The van der Waals surface area contributed by atoms with Crippen LogP contribution in [0.5, 0.6) is 0 Å². The van der Waals surface area contributed by atoms with E-state index in [0.717, 1.165) is 5.71 Å². The van der Waals surface area contributed by atoms with E-state index in [1.165, 1.54) is 5.01 Å². The Kier molecular flexibility index (Phi) is 3.62. The highest BCUT2D eigenvalue weighted by Gasteiger charge is 2.21. The van der Waals surface area contributed by atoms with Crippen LogP contribution in [0.15, 0.2) is 5.10 Å². The van der Waals surface area contributed by atoms with Crippen LogP contribution in [0, 0.1) is 0 Å². The molecule has 1 rings (SSSR count). The molecule has 0 aliphatic carbocycles. The van der Waals surface area contributed by atoms with Crippen LogP contribution in [-0.2, 0) is 14.3 Å². The third-order valence-corrected chi connectivity index (χ3v) is 1.82. The van der Waals surface area contributed by atoms with Crippen molar-refractivity contribution in [3.63, 3.8) is 0 Å². The number of nitrogens with zero attached hydrogens (tertiary/aromatic N) is 2. The maximum absolute atomic E-state index is 11.2. The van der Waals surface area contributed by atoms with Crippen molar-refractivity contribution >= 4 is 17.6 Å². The molecule has 5 heteroatoms. The number of hydrazone groups is 1. The second-order valence-corrected chi connectivity index (χ2v) is 3.08. The second kappa shape index (κ2) is 4.74. The van der Waals surface area contributed by atoms with Crippen LogP contribution < -0.4 is 0 Å². The molecule has 0 unspecified atom stereocenters. The van der Waals surface area contributed by atoms with Crippen LogP contribution in [0.3, 0.4) is 0 Å². The van der Waals surface area contributed by atoms with Gasteiger partial charge in [-0.25, -0.2) is 5.01 Å². The monoisotopic (exact) mass is 198 g/mol. The molecule has 0 aromatic carbocycles. The molecule has 0 aromatic rings. The summed E-state index contributed by atoms with van der Waals surface area (Å²) in [5.74, 6) is -0.341. The number of hydrogen-bond donors (Lipinski definition) is 0. The fourth-order valence-corrected chi connectivity index (χ4v) is 1.21. The largest absolute Gasteiger partial charge is 0.466 e. The predicted molar refractivity (Wildman–Crippen MR) is 50.7 cm³/mol. The van der Waals surface area contributed by atoms with Gasteiger partial charge in [0.05, 0.1) is 26.0 Å². The Morgan fingerprint density at radius 3 is 2.86 bits per heavy atom. The lowest BCUT2D eigenvalue weighted by molar-refractivity contribution is -0.143. The van der Waals surface area contributed by atoms with Gasteiger partial charge in [-0.15, -0.1) is 0 Å². The van der Waals surface area contributed by atoms with Crippen molar-refractivity contribution < 1.29 is 14.3 Å². The van der Waals surface area contributed by atoms with Crippen molar-refractivity contribution in [1.82, 2.24) is 5.01 Å². The van der Waals surface area contributed by atoms with E-state index in [1.54, 1.807) is 13.8 Å². The number of carbonyl (C=O) groups is 2. The Labute approximate surface area is 82.7 Å². The van der Waals surface area contributed by atoms with Crippen LogP contribution >= 0.6 is 0 Å². The smallest absolute Gasteiger partial charge is 0.307 e. The van der Waals surface area contributed by atoms with Crippen molar-refractivity contribution in [3.05, 3.63) is 0 Å². The number of hydrogen-bond acceptors (Lipinski definition) is 4. The summed E-state index contributed by atoms with van der Waals surface area (Å²) in [7, 11) is 0. The molecular weight excluding hydrogens is 184 g/mol. The zero-order valence-corrected chi connectivity index (χ0v) is 8.45. The lowest BCUT2D eigenvalue weighted by Gasteiger charge is -2.10. The molecule has 0 fully saturated rings. The Balaban J connectivity index is 2.31. The molecule has 14 heavy (non-hydrogen) atoms. The van der Waals surface area contributed by atoms with Gasteiger partial charge < -0.3 is 4.74 Å². The molecule has 1 aliphatic heterocycles. The highest BCUT2D eigenvalue weighted by Crippen LogP contribution is 2.08. The summed E-state index contributed by atoms with van der Waals surface area (Å²) in [5, 5.41) is 5.32. The quantitative estimate of drug-likeness (QED) is 0.620.